The number of fused-ring (bicyclic) bond motifs is 6. The molecule has 12 aromatic rings. The summed E-state index contributed by atoms with van der Waals surface area (Å²) in [5.41, 5.74) is 14.9. The second-order valence-corrected chi connectivity index (χ2v) is 21.4. The van der Waals surface area contributed by atoms with Gasteiger partial charge in [-0.3, -0.25) is 0 Å². The van der Waals surface area contributed by atoms with Crippen molar-refractivity contribution in [1.82, 2.24) is 0 Å². The molecule has 12 rings (SSSR count). The van der Waals surface area contributed by atoms with Gasteiger partial charge in [-0.2, -0.15) is 0 Å². The second kappa shape index (κ2) is 15.4. The van der Waals surface area contributed by atoms with Crippen LogP contribution in [0.1, 0.15) is 74.9 Å². The van der Waals surface area contributed by atoms with E-state index in [-0.39, 0.29) is 22.5 Å². The Hall–Kier alpha value is -7.70. The maximum Gasteiger partial charge on any atom is 0.159 e. The van der Waals surface area contributed by atoms with Crippen molar-refractivity contribution in [1.29, 1.82) is 0 Å². The van der Waals surface area contributed by atoms with E-state index in [0.29, 0.717) is 0 Å². The summed E-state index contributed by atoms with van der Waals surface area (Å²) in [7, 11) is 0. The van der Waals surface area contributed by atoms with Crippen LogP contribution in [0.25, 0.3) is 76.2 Å². The predicted molar refractivity (Wildman–Crippen MR) is 290 cm³/mol. The molecule has 0 spiro atoms. The molecule has 0 amide bonds. The van der Waals surface area contributed by atoms with E-state index in [4.69, 9.17) is 8.83 Å². The summed E-state index contributed by atoms with van der Waals surface area (Å²) < 4.78 is 44.0. The average molecular weight is 921 g/mol. The number of halogens is 2. The highest BCUT2D eigenvalue weighted by Gasteiger charge is 2.30. The van der Waals surface area contributed by atoms with Crippen LogP contribution in [0, 0.1) is 39.3 Å². The molecule has 0 bridgehead atoms. The van der Waals surface area contributed by atoms with Crippen molar-refractivity contribution < 1.29 is 17.6 Å². The molecule has 0 radical (unpaired) electrons. The Morgan fingerprint density at radius 2 is 0.686 bits per heavy atom. The number of benzene rings is 10. The number of aryl methyl sites for hydroxylation is 4. The van der Waals surface area contributed by atoms with Crippen LogP contribution in [-0.4, -0.2) is 0 Å². The zero-order valence-corrected chi connectivity index (χ0v) is 41.3. The molecule has 2 heterocycles. The third-order valence-corrected chi connectivity index (χ3v) is 14.6. The molecule has 2 aromatic heterocycles. The van der Waals surface area contributed by atoms with Crippen LogP contribution < -0.4 is 9.80 Å². The zero-order valence-electron chi connectivity index (χ0n) is 41.3. The van der Waals surface area contributed by atoms with Crippen molar-refractivity contribution >= 4 is 110 Å². The fourth-order valence-corrected chi connectivity index (χ4v) is 11.4. The van der Waals surface area contributed by atoms with Gasteiger partial charge in [-0.05, 0) is 144 Å². The van der Waals surface area contributed by atoms with Gasteiger partial charge in [0.2, 0.25) is 0 Å². The number of para-hydroxylation sites is 4. The minimum Gasteiger partial charge on any atom is -0.454 e. The van der Waals surface area contributed by atoms with Crippen molar-refractivity contribution in [3.05, 3.63) is 191 Å². The lowest BCUT2D eigenvalue weighted by atomic mass is 9.84. The van der Waals surface area contributed by atoms with Gasteiger partial charge in [-0.1, -0.05) is 114 Å². The van der Waals surface area contributed by atoms with Gasteiger partial charge in [0.25, 0.3) is 0 Å². The molecular weight excluding hydrogens is 867 g/mol. The molecule has 346 valence electrons. The van der Waals surface area contributed by atoms with E-state index in [2.05, 4.69) is 176 Å². The molecule has 0 N–H and O–H groups in total. The lowest BCUT2D eigenvalue weighted by molar-refractivity contribution is 0.572. The van der Waals surface area contributed by atoms with Crippen LogP contribution in [0.15, 0.2) is 154 Å². The molecule has 6 heteroatoms. The molecule has 0 saturated carbocycles. The first kappa shape index (κ1) is 43.6. The topological polar surface area (TPSA) is 32.8 Å². The molecule has 70 heavy (non-hydrogen) atoms. The van der Waals surface area contributed by atoms with E-state index in [0.717, 1.165) is 144 Å². The molecule has 0 atom stereocenters. The smallest absolute Gasteiger partial charge is 0.159 e. The zero-order chi connectivity index (χ0) is 48.7. The van der Waals surface area contributed by atoms with E-state index >= 15 is 0 Å². The maximum atomic E-state index is 14.9. The summed E-state index contributed by atoms with van der Waals surface area (Å²) >= 11 is 0. The first-order valence-electron chi connectivity index (χ1n) is 24.2. The molecule has 0 unspecified atom stereocenters. The minimum atomic E-state index is -0.305. The molecule has 0 fully saturated rings. The van der Waals surface area contributed by atoms with Crippen LogP contribution in [0.4, 0.5) is 42.9 Å². The highest BCUT2D eigenvalue weighted by Crippen LogP contribution is 2.54. The van der Waals surface area contributed by atoms with Crippen molar-refractivity contribution in [2.24, 2.45) is 0 Å². The average Bonchev–Trinajstić information content (AvgIpc) is 3.90. The first-order chi connectivity index (χ1) is 33.5. The fourth-order valence-electron chi connectivity index (χ4n) is 11.4. The van der Waals surface area contributed by atoms with E-state index < -0.39 is 0 Å². The Balaban J connectivity index is 1.18. The number of nitrogens with zero attached hydrogens (tertiary/aromatic N) is 2. The number of hydrogen-bond acceptors (Lipinski definition) is 4. The Morgan fingerprint density at radius 3 is 1.04 bits per heavy atom. The second-order valence-electron chi connectivity index (χ2n) is 21.4. The van der Waals surface area contributed by atoms with Crippen LogP contribution in [0.3, 0.4) is 0 Å². The maximum absolute atomic E-state index is 14.9. The summed E-state index contributed by atoms with van der Waals surface area (Å²) in [4.78, 5) is 4.51. The first-order valence-corrected chi connectivity index (χ1v) is 24.2. The standard InChI is InChI=1S/C64H54F2N2O2/c1-35-33-53(67(41-27-23-39(65)24-28-41)51-21-13-17-45-43-15-11-19-49(63(5,6)7)59(43)69-61(45)51)55-38(4)32-48-36(2)34-54(56-37(3)31-47(35)57(55)58(48)56)68(42-29-25-40(66)26-30-42)52-22-14-18-46-44-16-12-20-50(64(8,9)10)60(44)70-62(46)52/h11-34H,1-10H3. The molecule has 10 aromatic carbocycles. The van der Waals surface area contributed by atoms with E-state index in [9.17, 15) is 8.78 Å². The molecular formula is C64H54F2N2O2. The van der Waals surface area contributed by atoms with E-state index in [1.54, 1.807) is 0 Å². The summed E-state index contributed by atoms with van der Waals surface area (Å²) in [5.74, 6) is -0.610. The summed E-state index contributed by atoms with van der Waals surface area (Å²) in [6, 6.07) is 48.3. The van der Waals surface area contributed by atoms with Gasteiger partial charge in [0.05, 0.1) is 22.7 Å². The van der Waals surface area contributed by atoms with Gasteiger partial charge >= 0.3 is 0 Å². The number of hydrogen-bond donors (Lipinski definition) is 0. The van der Waals surface area contributed by atoms with Crippen molar-refractivity contribution in [3.63, 3.8) is 0 Å². The molecule has 4 nitrogen and oxygen atoms in total. The molecule has 0 saturated heterocycles. The molecule has 0 aliphatic carbocycles. The Morgan fingerprint density at radius 1 is 0.343 bits per heavy atom. The van der Waals surface area contributed by atoms with Gasteiger partial charge < -0.3 is 18.6 Å². The fraction of sp³-hybridized carbons (Fsp3) is 0.188. The van der Waals surface area contributed by atoms with E-state index in [1.807, 2.05) is 24.3 Å². The lowest BCUT2D eigenvalue weighted by Crippen LogP contribution is -2.13. The van der Waals surface area contributed by atoms with Crippen LogP contribution in [0.2, 0.25) is 0 Å². The van der Waals surface area contributed by atoms with E-state index in [1.165, 1.54) is 24.3 Å². The minimum absolute atomic E-state index is 0.153. The van der Waals surface area contributed by atoms with Crippen molar-refractivity contribution in [3.8, 4) is 0 Å². The van der Waals surface area contributed by atoms with Gasteiger partial charge in [-0.25, -0.2) is 8.78 Å². The summed E-state index contributed by atoms with van der Waals surface area (Å²) in [5, 5.41) is 10.9. The van der Waals surface area contributed by atoms with Crippen LogP contribution in [0.5, 0.6) is 0 Å². The number of rotatable bonds is 6. The highest BCUT2D eigenvalue weighted by molar-refractivity contribution is 6.31. The highest BCUT2D eigenvalue weighted by atomic mass is 19.1. The molecule has 0 aliphatic rings. The number of furan rings is 2. The van der Waals surface area contributed by atoms with Gasteiger partial charge in [0.15, 0.2) is 11.2 Å². The Kier molecular flexibility index (Phi) is 9.59. The summed E-state index contributed by atoms with van der Waals surface area (Å²) in [6.45, 7) is 22.1. The molecule has 0 aliphatic heterocycles. The van der Waals surface area contributed by atoms with Gasteiger partial charge in [-0.15, -0.1) is 0 Å². The summed E-state index contributed by atoms with van der Waals surface area (Å²) in [6.07, 6.45) is 0. The monoisotopic (exact) mass is 920 g/mol. The third-order valence-electron chi connectivity index (χ3n) is 14.6. The Bertz CT molecular complexity index is 3820. The number of anilines is 6. The largest absolute Gasteiger partial charge is 0.454 e. The van der Waals surface area contributed by atoms with Gasteiger partial charge in [0.1, 0.15) is 22.8 Å². The lowest BCUT2D eigenvalue weighted by Gasteiger charge is -2.31. The third kappa shape index (κ3) is 6.52. The van der Waals surface area contributed by atoms with Crippen LogP contribution in [-0.2, 0) is 10.8 Å². The SMILES string of the molecule is Cc1cc(N(c2ccc(F)cc2)c2cccc3c2oc2c(C(C)(C)C)cccc23)c2c(C)cc3c(C)cc(N(c4ccc(F)cc4)c4cccc5c4oc4c(C(C)(C)C)cccc45)c4c(C)cc1c2c34. The van der Waals surface area contributed by atoms with Crippen LogP contribution >= 0.6 is 0 Å². The van der Waals surface area contributed by atoms with Crippen molar-refractivity contribution in [2.75, 3.05) is 9.80 Å². The predicted octanol–water partition coefficient (Wildman–Crippen LogP) is 19.4. The van der Waals surface area contributed by atoms with Gasteiger partial charge in [0, 0.05) is 65.6 Å². The normalized spacial score (nSPS) is 12.6. The van der Waals surface area contributed by atoms with Crippen molar-refractivity contribution in [2.45, 2.75) is 80.1 Å². The Labute approximate surface area is 406 Å². The quantitative estimate of drug-likeness (QED) is 0.156.